The summed E-state index contributed by atoms with van der Waals surface area (Å²) < 4.78 is 1.36. The smallest absolute Gasteiger partial charge is 0.270 e. The highest BCUT2D eigenvalue weighted by Crippen LogP contribution is 2.14. The molecule has 4 rings (SSSR count). The van der Waals surface area contributed by atoms with Crippen LogP contribution in [0.15, 0.2) is 53.6 Å². The van der Waals surface area contributed by atoms with Gasteiger partial charge in [0.1, 0.15) is 11.3 Å². The summed E-state index contributed by atoms with van der Waals surface area (Å²) in [6, 6.07) is 9.76. The molecule has 0 saturated carbocycles. The number of hydrogen-bond donors (Lipinski definition) is 2. The van der Waals surface area contributed by atoms with Crippen molar-refractivity contribution in [2.45, 2.75) is 6.54 Å². The van der Waals surface area contributed by atoms with Gasteiger partial charge in [-0.2, -0.15) is 0 Å². The fraction of sp³-hybridized carbons (Fsp3) is 0.0556. The molecule has 0 bridgehead atoms. The molecule has 4 aromatic heterocycles. The number of aromatic nitrogens is 4. The molecule has 4 heterocycles. The highest BCUT2D eigenvalue weighted by molar-refractivity contribution is 5.92. The van der Waals surface area contributed by atoms with E-state index in [9.17, 15) is 14.4 Å². The minimum atomic E-state index is -0.463. The number of hydrogen-bond acceptors (Lipinski definition) is 5. The van der Waals surface area contributed by atoms with Gasteiger partial charge in [-0.05, 0) is 24.3 Å². The van der Waals surface area contributed by atoms with Crippen LogP contribution in [0.2, 0.25) is 0 Å². The summed E-state index contributed by atoms with van der Waals surface area (Å²) in [5, 5.41) is 3.51. The second-order valence-corrected chi connectivity index (χ2v) is 5.70. The first-order valence-electron chi connectivity index (χ1n) is 7.83. The largest absolute Gasteiger partial charge is 0.352 e. The highest BCUT2D eigenvalue weighted by atomic mass is 16.2. The second kappa shape index (κ2) is 6.25. The van der Waals surface area contributed by atoms with E-state index in [1.807, 2.05) is 0 Å². The van der Waals surface area contributed by atoms with E-state index in [1.165, 1.54) is 10.5 Å². The van der Waals surface area contributed by atoms with Crippen molar-refractivity contribution in [1.82, 2.24) is 24.7 Å². The Morgan fingerprint density at radius 2 is 2.15 bits per heavy atom. The molecule has 0 aliphatic carbocycles. The number of fused-ring (bicyclic) bond motifs is 2. The van der Waals surface area contributed by atoms with Gasteiger partial charge in [0, 0.05) is 29.4 Å². The SMILES string of the molecule is O=Cc1cc2cnc(CNC(=O)c3cc(=O)n4ccccc4n3)cc2[nH]1. The average molecular weight is 347 g/mol. The summed E-state index contributed by atoms with van der Waals surface area (Å²) in [6.45, 7) is 0.167. The van der Waals surface area contributed by atoms with E-state index in [4.69, 9.17) is 0 Å². The summed E-state index contributed by atoms with van der Waals surface area (Å²) in [5.74, 6) is -0.463. The zero-order valence-electron chi connectivity index (χ0n) is 13.5. The number of pyridine rings is 2. The second-order valence-electron chi connectivity index (χ2n) is 5.70. The molecule has 0 radical (unpaired) electrons. The van der Waals surface area contributed by atoms with Crippen molar-refractivity contribution < 1.29 is 9.59 Å². The summed E-state index contributed by atoms with van der Waals surface area (Å²) in [7, 11) is 0. The molecule has 128 valence electrons. The lowest BCUT2D eigenvalue weighted by atomic mass is 10.2. The number of rotatable bonds is 4. The first-order chi connectivity index (χ1) is 12.6. The number of nitrogens with zero attached hydrogens (tertiary/aromatic N) is 3. The number of carbonyl (C=O) groups excluding carboxylic acids is 2. The standard InChI is InChI=1S/C18H13N5O3/c24-10-13-5-11-8-19-12(6-14(11)21-13)9-20-18(26)15-7-17(25)23-4-2-1-3-16(23)22-15/h1-8,10,21H,9H2,(H,20,26). The lowest BCUT2D eigenvalue weighted by Gasteiger charge is -2.06. The van der Waals surface area contributed by atoms with Crippen molar-refractivity contribution in [2.24, 2.45) is 0 Å². The van der Waals surface area contributed by atoms with Gasteiger partial charge < -0.3 is 10.3 Å². The van der Waals surface area contributed by atoms with Gasteiger partial charge in [0.15, 0.2) is 6.29 Å². The first kappa shape index (κ1) is 15.7. The molecule has 0 spiro atoms. The van der Waals surface area contributed by atoms with E-state index in [0.717, 1.165) is 17.2 Å². The fourth-order valence-corrected chi connectivity index (χ4v) is 2.68. The Morgan fingerprint density at radius 3 is 3.00 bits per heavy atom. The quantitative estimate of drug-likeness (QED) is 0.541. The minimum absolute atomic E-state index is 0.0467. The van der Waals surface area contributed by atoms with Crippen LogP contribution >= 0.6 is 0 Å². The van der Waals surface area contributed by atoms with E-state index in [2.05, 4.69) is 20.3 Å². The van der Waals surface area contributed by atoms with Gasteiger partial charge in [0.05, 0.1) is 17.9 Å². The number of nitrogens with one attached hydrogen (secondary N) is 2. The maximum atomic E-state index is 12.3. The summed E-state index contributed by atoms with van der Waals surface area (Å²) in [5.41, 5.74) is 1.95. The topological polar surface area (TPSA) is 109 Å². The third kappa shape index (κ3) is 2.84. The van der Waals surface area contributed by atoms with Crippen LogP contribution in [-0.4, -0.2) is 31.5 Å². The number of aldehydes is 1. The molecule has 0 aliphatic rings. The van der Waals surface area contributed by atoms with Crippen LogP contribution in [0, 0.1) is 0 Å². The molecular weight excluding hydrogens is 334 g/mol. The van der Waals surface area contributed by atoms with Crippen molar-refractivity contribution in [3.05, 3.63) is 76.2 Å². The van der Waals surface area contributed by atoms with Crippen LogP contribution in [0.5, 0.6) is 0 Å². The van der Waals surface area contributed by atoms with Crippen molar-refractivity contribution >= 4 is 28.7 Å². The van der Waals surface area contributed by atoms with E-state index >= 15 is 0 Å². The minimum Gasteiger partial charge on any atom is -0.352 e. The summed E-state index contributed by atoms with van der Waals surface area (Å²) >= 11 is 0. The van der Waals surface area contributed by atoms with E-state index in [-0.39, 0.29) is 17.8 Å². The lowest BCUT2D eigenvalue weighted by Crippen LogP contribution is -2.27. The maximum Gasteiger partial charge on any atom is 0.270 e. The van der Waals surface area contributed by atoms with Crippen molar-refractivity contribution in [3.8, 4) is 0 Å². The van der Waals surface area contributed by atoms with Crippen molar-refractivity contribution in [1.29, 1.82) is 0 Å². The Morgan fingerprint density at radius 1 is 1.27 bits per heavy atom. The molecule has 26 heavy (non-hydrogen) atoms. The predicted octanol–water partition coefficient (Wildman–Crippen LogP) is 1.31. The third-order valence-electron chi connectivity index (χ3n) is 3.94. The number of aromatic amines is 1. The van der Waals surface area contributed by atoms with Gasteiger partial charge in [-0.15, -0.1) is 0 Å². The molecule has 2 N–H and O–H groups in total. The molecule has 8 nitrogen and oxygen atoms in total. The Labute approximate surface area is 146 Å². The first-order valence-corrected chi connectivity index (χ1v) is 7.83. The third-order valence-corrected chi connectivity index (χ3v) is 3.94. The molecule has 8 heteroatoms. The Kier molecular flexibility index (Phi) is 3.77. The van der Waals surface area contributed by atoms with E-state index in [0.29, 0.717) is 17.0 Å². The van der Waals surface area contributed by atoms with Gasteiger partial charge in [-0.1, -0.05) is 6.07 Å². The molecule has 0 saturated heterocycles. The molecular formula is C18H13N5O3. The molecule has 1 amide bonds. The van der Waals surface area contributed by atoms with Crippen LogP contribution in [-0.2, 0) is 6.54 Å². The van der Waals surface area contributed by atoms with Crippen LogP contribution in [0.25, 0.3) is 16.6 Å². The summed E-state index contributed by atoms with van der Waals surface area (Å²) in [4.78, 5) is 46.6. The molecule has 0 fully saturated rings. The Balaban J connectivity index is 1.55. The lowest BCUT2D eigenvalue weighted by molar-refractivity contribution is 0.0945. The van der Waals surface area contributed by atoms with Crippen molar-refractivity contribution in [3.63, 3.8) is 0 Å². The molecule has 0 aliphatic heterocycles. The van der Waals surface area contributed by atoms with Crippen molar-refractivity contribution in [2.75, 3.05) is 0 Å². The van der Waals surface area contributed by atoms with Gasteiger partial charge >= 0.3 is 0 Å². The zero-order valence-corrected chi connectivity index (χ0v) is 13.5. The normalized spacial score (nSPS) is 10.9. The molecule has 0 unspecified atom stereocenters. The molecule has 0 aromatic carbocycles. The van der Waals surface area contributed by atoms with E-state index < -0.39 is 5.91 Å². The van der Waals surface area contributed by atoms with Crippen LogP contribution in [0.3, 0.4) is 0 Å². The monoisotopic (exact) mass is 347 g/mol. The van der Waals surface area contributed by atoms with Gasteiger partial charge in [0.25, 0.3) is 11.5 Å². The Bertz CT molecular complexity index is 1210. The van der Waals surface area contributed by atoms with Gasteiger partial charge in [-0.25, -0.2) is 4.98 Å². The van der Waals surface area contributed by atoms with Gasteiger partial charge in [0.2, 0.25) is 0 Å². The predicted molar refractivity (Wildman–Crippen MR) is 94.1 cm³/mol. The highest BCUT2D eigenvalue weighted by Gasteiger charge is 2.11. The van der Waals surface area contributed by atoms with E-state index in [1.54, 1.807) is 42.7 Å². The Hall–Kier alpha value is -3.81. The summed E-state index contributed by atoms with van der Waals surface area (Å²) in [6.07, 6.45) is 3.95. The van der Waals surface area contributed by atoms with Crippen LogP contribution in [0.1, 0.15) is 26.7 Å². The number of carbonyl (C=O) groups is 2. The van der Waals surface area contributed by atoms with Crippen LogP contribution < -0.4 is 10.9 Å². The van der Waals surface area contributed by atoms with Gasteiger partial charge in [-0.3, -0.25) is 23.8 Å². The zero-order chi connectivity index (χ0) is 18.1. The molecule has 0 atom stereocenters. The average Bonchev–Trinajstić information content (AvgIpc) is 3.08. The fourth-order valence-electron chi connectivity index (χ4n) is 2.68. The number of amides is 1. The maximum absolute atomic E-state index is 12.3. The van der Waals surface area contributed by atoms with Crippen LogP contribution in [0.4, 0.5) is 0 Å². The number of H-pyrrole nitrogens is 1. The molecule has 4 aromatic rings.